The average molecular weight is 590 g/mol. The van der Waals surface area contributed by atoms with Gasteiger partial charge in [0, 0.05) is 43.6 Å². The topological polar surface area (TPSA) is 124 Å². The van der Waals surface area contributed by atoms with Crippen LogP contribution in [-0.2, 0) is 25.9 Å². The molecule has 220 valence electrons. The molecule has 3 aromatic heterocycles. The summed E-state index contributed by atoms with van der Waals surface area (Å²) in [7, 11) is -2.07. The summed E-state index contributed by atoms with van der Waals surface area (Å²) in [6, 6.07) is 16.2. The van der Waals surface area contributed by atoms with Crippen LogP contribution in [0.15, 0.2) is 65.7 Å². The van der Waals surface area contributed by atoms with E-state index in [1.807, 2.05) is 36.4 Å². The first-order chi connectivity index (χ1) is 20.0. The molecule has 5 rings (SSSR count). The van der Waals surface area contributed by atoms with Gasteiger partial charge in [-0.2, -0.15) is 0 Å². The van der Waals surface area contributed by atoms with Crippen molar-refractivity contribution in [3.63, 3.8) is 0 Å². The van der Waals surface area contributed by atoms with Crippen LogP contribution in [-0.4, -0.2) is 67.9 Å². The zero-order chi connectivity index (χ0) is 30.0. The summed E-state index contributed by atoms with van der Waals surface area (Å²) in [5.41, 5.74) is 3.58. The molecule has 1 N–H and O–H groups in total. The number of nitrogens with one attached hydrogen (secondary N) is 1. The highest BCUT2D eigenvalue weighted by Gasteiger charge is 2.24. The number of aromatic nitrogens is 3. The summed E-state index contributed by atoms with van der Waals surface area (Å²) in [6.07, 6.45) is 2.66. The second-order valence-corrected chi connectivity index (χ2v) is 12.7. The lowest BCUT2D eigenvalue weighted by atomic mass is 10.1. The van der Waals surface area contributed by atoms with E-state index in [0.717, 1.165) is 47.5 Å². The number of carbonyl (C=O) groups excluding carboxylic acids is 1. The Morgan fingerprint density at radius 3 is 2.52 bits per heavy atom. The quantitative estimate of drug-likeness (QED) is 0.320. The van der Waals surface area contributed by atoms with Gasteiger partial charge in [0.25, 0.3) is 5.91 Å². The molecule has 1 aromatic carbocycles. The Hall–Kier alpha value is -3.93. The first-order valence-electron chi connectivity index (χ1n) is 13.8. The minimum Gasteiger partial charge on any atom is -0.377 e. The molecular weight excluding hydrogens is 554 g/mol. The number of hydrogen-bond acceptors (Lipinski definition) is 9. The van der Waals surface area contributed by atoms with E-state index < -0.39 is 21.8 Å². The number of rotatable bonds is 8. The van der Waals surface area contributed by atoms with Crippen LogP contribution in [0.2, 0.25) is 0 Å². The number of benzene rings is 1. The smallest absolute Gasteiger partial charge is 0.251 e. The molecular formula is C31H35N5O5S. The van der Waals surface area contributed by atoms with Gasteiger partial charge < -0.3 is 19.7 Å². The number of morpholine rings is 1. The van der Waals surface area contributed by atoms with Gasteiger partial charge in [0.15, 0.2) is 9.84 Å². The zero-order valence-corrected chi connectivity index (χ0v) is 25.2. The lowest BCUT2D eigenvalue weighted by Crippen LogP contribution is -2.45. The Balaban J connectivity index is 1.34. The molecule has 0 radical (unpaired) electrons. The molecule has 1 amide bonds. The molecule has 4 heterocycles. The van der Waals surface area contributed by atoms with E-state index in [1.165, 1.54) is 13.2 Å². The number of pyridine rings is 3. The van der Waals surface area contributed by atoms with Crippen molar-refractivity contribution in [1.29, 1.82) is 0 Å². The Bertz CT molecular complexity index is 1720. The molecule has 4 aromatic rings. The summed E-state index contributed by atoms with van der Waals surface area (Å²) in [5.74, 6) is 0.478. The summed E-state index contributed by atoms with van der Waals surface area (Å²) in [5, 5.41) is 3.70. The van der Waals surface area contributed by atoms with Crippen molar-refractivity contribution < 1.29 is 22.7 Å². The molecule has 3 atom stereocenters. The van der Waals surface area contributed by atoms with Crippen molar-refractivity contribution in [2.45, 2.75) is 50.5 Å². The number of amides is 1. The molecule has 1 aliphatic rings. The lowest BCUT2D eigenvalue weighted by molar-refractivity contribution is -0.00545. The van der Waals surface area contributed by atoms with Crippen molar-refractivity contribution in [3.8, 4) is 11.4 Å². The number of methoxy groups -OCH3 is 1. The summed E-state index contributed by atoms with van der Waals surface area (Å²) in [6.45, 7) is 7.59. The summed E-state index contributed by atoms with van der Waals surface area (Å²) in [4.78, 5) is 29.5. The number of anilines is 1. The maximum atomic E-state index is 13.0. The number of nitrogens with zero attached hydrogens (tertiary/aromatic N) is 4. The number of ether oxygens (including phenoxy) is 2. The monoisotopic (exact) mass is 589 g/mol. The van der Waals surface area contributed by atoms with Gasteiger partial charge in [-0.3, -0.25) is 9.78 Å². The van der Waals surface area contributed by atoms with Crippen LogP contribution < -0.4 is 10.2 Å². The maximum absolute atomic E-state index is 13.0. The molecule has 0 saturated carbocycles. The predicted molar refractivity (Wildman–Crippen MR) is 161 cm³/mol. The van der Waals surface area contributed by atoms with Crippen LogP contribution in [0, 0.1) is 0 Å². The summed E-state index contributed by atoms with van der Waals surface area (Å²) < 4.78 is 35.9. The number of carbonyl (C=O) groups is 1. The van der Waals surface area contributed by atoms with Gasteiger partial charge in [-0.1, -0.05) is 12.1 Å². The van der Waals surface area contributed by atoms with Crippen molar-refractivity contribution >= 4 is 32.5 Å². The second kappa shape index (κ2) is 12.1. The van der Waals surface area contributed by atoms with Gasteiger partial charge in [0.1, 0.15) is 5.82 Å². The van der Waals surface area contributed by atoms with Crippen LogP contribution >= 0.6 is 0 Å². The summed E-state index contributed by atoms with van der Waals surface area (Å²) >= 11 is 0. The second-order valence-electron chi connectivity index (χ2n) is 10.7. The van der Waals surface area contributed by atoms with Crippen LogP contribution in [0.1, 0.15) is 48.5 Å². The van der Waals surface area contributed by atoms with Gasteiger partial charge in [-0.25, -0.2) is 18.4 Å². The van der Waals surface area contributed by atoms with Gasteiger partial charge in [0.05, 0.1) is 52.4 Å². The fourth-order valence-corrected chi connectivity index (χ4v) is 6.14. The van der Waals surface area contributed by atoms with Crippen LogP contribution in [0.25, 0.3) is 22.3 Å². The van der Waals surface area contributed by atoms with E-state index in [1.54, 1.807) is 25.3 Å². The van der Waals surface area contributed by atoms with E-state index in [-0.39, 0.29) is 29.2 Å². The minimum absolute atomic E-state index is 0.0698. The first-order valence-corrected chi connectivity index (χ1v) is 15.7. The molecule has 10 nitrogen and oxygen atoms in total. The largest absolute Gasteiger partial charge is 0.377 e. The molecule has 11 heteroatoms. The van der Waals surface area contributed by atoms with E-state index >= 15 is 0 Å². The maximum Gasteiger partial charge on any atom is 0.251 e. The van der Waals surface area contributed by atoms with Crippen LogP contribution in [0.3, 0.4) is 0 Å². The van der Waals surface area contributed by atoms with Crippen molar-refractivity contribution in [1.82, 2.24) is 20.3 Å². The normalized spacial score (nSPS) is 18.2. The number of fused-ring (bicyclic) bond motifs is 1. The fourth-order valence-electron chi connectivity index (χ4n) is 5.14. The third kappa shape index (κ3) is 6.59. The molecule has 1 saturated heterocycles. The molecule has 0 unspecified atom stereocenters. The highest BCUT2D eigenvalue weighted by Crippen LogP contribution is 2.27. The van der Waals surface area contributed by atoms with E-state index in [2.05, 4.69) is 29.0 Å². The van der Waals surface area contributed by atoms with Crippen LogP contribution in [0.4, 0.5) is 5.82 Å². The number of hydrogen-bond donors (Lipinski definition) is 1. The lowest BCUT2D eigenvalue weighted by Gasteiger charge is -2.36. The van der Waals surface area contributed by atoms with Crippen LogP contribution in [0.5, 0.6) is 0 Å². The molecule has 0 spiro atoms. The third-order valence-electron chi connectivity index (χ3n) is 7.27. The van der Waals surface area contributed by atoms with E-state index in [9.17, 15) is 13.2 Å². The highest BCUT2D eigenvalue weighted by atomic mass is 32.2. The molecule has 1 aliphatic heterocycles. The predicted octanol–water partition coefficient (Wildman–Crippen LogP) is 4.35. The van der Waals surface area contributed by atoms with E-state index in [4.69, 9.17) is 19.4 Å². The Morgan fingerprint density at radius 2 is 1.81 bits per heavy atom. The highest BCUT2D eigenvalue weighted by molar-refractivity contribution is 7.90. The molecule has 0 bridgehead atoms. The fraction of sp³-hybridized carbons (Fsp3) is 0.355. The minimum atomic E-state index is -3.57. The SMILES string of the molecule is CO[C@@H](C)c1ccc(C(=O)NCc2cc3nc(-c4cccc(N5C[C@@H](C)O[C@@H](C)C5)n4)ccc3cn2)cc1S(C)(=O)=O. The van der Waals surface area contributed by atoms with E-state index in [0.29, 0.717) is 11.3 Å². The average Bonchev–Trinajstić information content (AvgIpc) is 2.98. The van der Waals surface area contributed by atoms with Crippen molar-refractivity contribution in [2.24, 2.45) is 0 Å². The van der Waals surface area contributed by atoms with Crippen molar-refractivity contribution in [2.75, 3.05) is 31.4 Å². The third-order valence-corrected chi connectivity index (χ3v) is 8.42. The van der Waals surface area contributed by atoms with Gasteiger partial charge in [-0.05, 0) is 68.8 Å². The molecule has 0 aliphatic carbocycles. The molecule has 42 heavy (non-hydrogen) atoms. The Kier molecular flexibility index (Phi) is 8.53. The first kappa shape index (κ1) is 29.6. The number of sulfone groups is 1. The standard InChI is InChI=1S/C31H35N5O5S/c1-19-17-36(18-20(2)41-19)30-8-6-7-26(35-30)27-12-10-23-15-32-24(14-28(23)34-27)16-33-31(37)22-9-11-25(21(3)40-4)29(13-22)42(5,38)39/h6-15,19-21H,16-18H2,1-5H3,(H,33,37)/t19-,20+,21-/m0/s1. The Labute approximate surface area is 246 Å². The van der Waals surface area contributed by atoms with Crippen molar-refractivity contribution in [3.05, 3.63) is 77.6 Å². The van der Waals surface area contributed by atoms with Gasteiger partial charge in [0.2, 0.25) is 0 Å². The Morgan fingerprint density at radius 1 is 1.07 bits per heavy atom. The van der Waals surface area contributed by atoms with Gasteiger partial charge >= 0.3 is 0 Å². The molecule has 1 fully saturated rings. The van der Waals surface area contributed by atoms with Gasteiger partial charge in [-0.15, -0.1) is 0 Å². The zero-order valence-electron chi connectivity index (χ0n) is 24.4.